The van der Waals surface area contributed by atoms with Gasteiger partial charge in [0.25, 0.3) is 0 Å². The first-order valence-corrected chi connectivity index (χ1v) is 17.0. The van der Waals surface area contributed by atoms with Crippen LogP contribution in [-0.4, -0.2) is 10.3 Å². The molecular formula is C46H31N3O. The van der Waals surface area contributed by atoms with Crippen molar-refractivity contribution in [1.29, 1.82) is 0 Å². The van der Waals surface area contributed by atoms with Crippen LogP contribution in [-0.2, 0) is 0 Å². The molecule has 10 rings (SSSR count). The Labute approximate surface area is 289 Å². The third-order valence-corrected chi connectivity index (χ3v) is 9.84. The Kier molecular flexibility index (Phi) is 6.53. The van der Waals surface area contributed by atoms with E-state index in [2.05, 4.69) is 174 Å². The predicted molar refractivity (Wildman–Crippen MR) is 207 cm³/mol. The molecule has 0 bridgehead atoms. The summed E-state index contributed by atoms with van der Waals surface area (Å²) in [6.07, 6.45) is 1.92. The summed E-state index contributed by atoms with van der Waals surface area (Å²) in [5.41, 5.74) is 12.6. The summed E-state index contributed by atoms with van der Waals surface area (Å²) < 4.78 is 9.13. The average molecular weight is 642 g/mol. The fourth-order valence-electron chi connectivity index (χ4n) is 7.44. The number of para-hydroxylation sites is 3. The molecule has 3 heterocycles. The van der Waals surface area contributed by atoms with Gasteiger partial charge in [-0.15, -0.1) is 0 Å². The molecule has 4 heteroatoms. The van der Waals surface area contributed by atoms with Crippen LogP contribution in [0.1, 0.15) is 22.9 Å². The molecule has 0 radical (unpaired) electrons. The van der Waals surface area contributed by atoms with Gasteiger partial charge in [-0.2, -0.15) is 0 Å². The van der Waals surface area contributed by atoms with Crippen LogP contribution in [0, 0.1) is 0 Å². The first-order chi connectivity index (χ1) is 24.8. The van der Waals surface area contributed by atoms with Gasteiger partial charge in [-0.3, -0.25) is 4.99 Å². The number of fused-ring (bicyclic) bond motifs is 6. The second-order valence-electron chi connectivity index (χ2n) is 12.8. The Morgan fingerprint density at radius 3 is 2.00 bits per heavy atom. The summed E-state index contributed by atoms with van der Waals surface area (Å²) in [6, 6.07) is 59.8. The number of nitrogens with one attached hydrogen (secondary N) is 1. The van der Waals surface area contributed by atoms with Gasteiger partial charge in [-0.1, -0.05) is 127 Å². The van der Waals surface area contributed by atoms with Crippen molar-refractivity contribution in [3.63, 3.8) is 0 Å². The smallest absolute Gasteiger partial charge is 0.145 e. The van der Waals surface area contributed by atoms with Crippen molar-refractivity contribution in [2.45, 2.75) is 6.17 Å². The molecule has 1 aliphatic rings. The lowest BCUT2D eigenvalue weighted by Crippen LogP contribution is -2.24. The molecular weight excluding hydrogens is 611 g/mol. The molecule has 0 fully saturated rings. The van der Waals surface area contributed by atoms with Crippen LogP contribution in [0.25, 0.3) is 66.3 Å². The zero-order valence-electron chi connectivity index (χ0n) is 27.1. The van der Waals surface area contributed by atoms with E-state index in [1.54, 1.807) is 0 Å². The third kappa shape index (κ3) is 4.65. The van der Waals surface area contributed by atoms with E-state index in [9.17, 15) is 0 Å². The van der Waals surface area contributed by atoms with Gasteiger partial charge in [-0.25, -0.2) is 0 Å². The highest BCUT2D eigenvalue weighted by Gasteiger charge is 2.22. The molecule has 236 valence electrons. The lowest BCUT2D eigenvalue weighted by Gasteiger charge is -2.25. The number of furan rings is 1. The monoisotopic (exact) mass is 641 g/mol. The molecule has 0 spiro atoms. The number of hydrogen-bond donors (Lipinski definition) is 1. The maximum atomic E-state index is 6.77. The molecule has 50 heavy (non-hydrogen) atoms. The standard InChI is InChI=1S/C46H31N3O/c1-4-13-30(14-5-1)40-29-41(48-46(47-40)31-15-6-2-7-16-31)39-21-12-20-38-37-26-24-33(28-44(37)50-45(38)39)32-23-25-36-35-19-10-11-22-42(35)49(43(36)27-32)34-17-8-3-9-18-34/h1-29,46-47H. The van der Waals surface area contributed by atoms with Gasteiger partial charge in [0.1, 0.15) is 17.3 Å². The summed E-state index contributed by atoms with van der Waals surface area (Å²) in [6.45, 7) is 0. The number of allylic oxidation sites excluding steroid dienone is 1. The van der Waals surface area contributed by atoms with E-state index in [-0.39, 0.29) is 6.17 Å². The summed E-state index contributed by atoms with van der Waals surface area (Å²) in [5.74, 6) is 0. The van der Waals surface area contributed by atoms with E-state index in [1.165, 1.54) is 21.8 Å². The maximum Gasteiger partial charge on any atom is 0.145 e. The van der Waals surface area contributed by atoms with Gasteiger partial charge in [0.05, 0.1) is 16.7 Å². The van der Waals surface area contributed by atoms with Gasteiger partial charge in [0, 0.05) is 38.5 Å². The first-order valence-electron chi connectivity index (χ1n) is 17.0. The lowest BCUT2D eigenvalue weighted by atomic mass is 9.99. The van der Waals surface area contributed by atoms with E-state index in [4.69, 9.17) is 9.41 Å². The Balaban J connectivity index is 1.11. The summed E-state index contributed by atoms with van der Waals surface area (Å²) in [4.78, 5) is 5.23. The van der Waals surface area contributed by atoms with E-state index in [1.807, 2.05) is 12.1 Å². The summed E-state index contributed by atoms with van der Waals surface area (Å²) >= 11 is 0. The summed E-state index contributed by atoms with van der Waals surface area (Å²) in [7, 11) is 0. The van der Waals surface area contributed by atoms with Crippen molar-refractivity contribution >= 4 is 55.2 Å². The number of hydrogen-bond acceptors (Lipinski definition) is 3. The molecule has 0 amide bonds. The Bertz CT molecular complexity index is 2770. The zero-order valence-corrected chi connectivity index (χ0v) is 27.1. The van der Waals surface area contributed by atoms with Crippen LogP contribution in [0.3, 0.4) is 0 Å². The van der Waals surface area contributed by atoms with E-state index >= 15 is 0 Å². The van der Waals surface area contributed by atoms with Gasteiger partial charge in [-0.05, 0) is 70.8 Å². The van der Waals surface area contributed by atoms with Crippen molar-refractivity contribution in [1.82, 2.24) is 9.88 Å². The van der Waals surface area contributed by atoms with Crippen molar-refractivity contribution < 1.29 is 4.42 Å². The minimum Gasteiger partial charge on any atom is -0.455 e. The lowest BCUT2D eigenvalue weighted by molar-refractivity contribution is 0.659. The molecule has 0 saturated heterocycles. The van der Waals surface area contributed by atoms with Crippen LogP contribution in [0.5, 0.6) is 0 Å². The fourth-order valence-corrected chi connectivity index (χ4v) is 7.44. The molecule has 0 saturated carbocycles. The molecule has 1 N–H and O–H groups in total. The predicted octanol–water partition coefficient (Wildman–Crippen LogP) is 11.5. The SMILES string of the molecule is C1=C(c2ccccc2)NC(c2ccccc2)N=C1c1cccc2c1oc1cc(-c3ccc4c5ccccc5n(-c5ccccc5)c4c3)ccc12. The molecule has 2 aromatic heterocycles. The normalized spacial score (nSPS) is 14.6. The maximum absolute atomic E-state index is 6.77. The van der Waals surface area contributed by atoms with Crippen LogP contribution in [0.2, 0.25) is 0 Å². The van der Waals surface area contributed by atoms with Gasteiger partial charge in [0.2, 0.25) is 0 Å². The number of aliphatic imine (C=N–C) groups is 1. The number of aromatic nitrogens is 1. The van der Waals surface area contributed by atoms with E-state index in [0.29, 0.717) is 0 Å². The van der Waals surface area contributed by atoms with Gasteiger partial charge >= 0.3 is 0 Å². The number of rotatable bonds is 5. The Morgan fingerprint density at radius 1 is 0.520 bits per heavy atom. The van der Waals surface area contributed by atoms with Crippen molar-refractivity contribution in [2.75, 3.05) is 0 Å². The van der Waals surface area contributed by atoms with E-state index in [0.717, 1.165) is 66.9 Å². The van der Waals surface area contributed by atoms with Crippen molar-refractivity contribution in [3.05, 3.63) is 193 Å². The Morgan fingerprint density at radius 2 is 1.18 bits per heavy atom. The third-order valence-electron chi connectivity index (χ3n) is 9.84. The van der Waals surface area contributed by atoms with Gasteiger partial charge in [0.15, 0.2) is 0 Å². The highest BCUT2D eigenvalue weighted by Crippen LogP contribution is 2.38. The average Bonchev–Trinajstić information content (AvgIpc) is 3.74. The molecule has 9 aromatic rings. The largest absolute Gasteiger partial charge is 0.455 e. The minimum absolute atomic E-state index is 0.223. The molecule has 1 unspecified atom stereocenters. The quantitative estimate of drug-likeness (QED) is 0.203. The highest BCUT2D eigenvalue weighted by atomic mass is 16.3. The molecule has 1 aliphatic heterocycles. The number of benzene rings is 7. The summed E-state index contributed by atoms with van der Waals surface area (Å²) in [5, 5.41) is 8.32. The number of nitrogens with zero attached hydrogens (tertiary/aromatic N) is 2. The molecule has 0 aliphatic carbocycles. The second kappa shape index (κ2) is 11.5. The first kappa shape index (κ1) is 28.4. The van der Waals surface area contributed by atoms with Crippen LogP contribution < -0.4 is 5.32 Å². The Hall–Kier alpha value is -6.65. The van der Waals surface area contributed by atoms with Crippen molar-refractivity contribution in [3.8, 4) is 16.8 Å². The molecule has 7 aromatic carbocycles. The second-order valence-corrected chi connectivity index (χ2v) is 12.8. The zero-order chi connectivity index (χ0) is 33.0. The fraction of sp³-hybridized carbons (Fsp3) is 0.0217. The van der Waals surface area contributed by atoms with Crippen LogP contribution in [0.15, 0.2) is 185 Å². The molecule has 1 atom stereocenters. The topological polar surface area (TPSA) is 42.5 Å². The highest BCUT2D eigenvalue weighted by molar-refractivity contribution is 6.21. The minimum atomic E-state index is -0.223. The van der Waals surface area contributed by atoms with E-state index < -0.39 is 0 Å². The molecule has 4 nitrogen and oxygen atoms in total. The van der Waals surface area contributed by atoms with Gasteiger partial charge < -0.3 is 14.3 Å². The van der Waals surface area contributed by atoms with Crippen LogP contribution >= 0.6 is 0 Å². The van der Waals surface area contributed by atoms with Crippen molar-refractivity contribution in [2.24, 2.45) is 4.99 Å². The van der Waals surface area contributed by atoms with Crippen LogP contribution in [0.4, 0.5) is 0 Å².